The average Bonchev–Trinajstić information content (AvgIpc) is 2.65. The molecule has 5 nitrogen and oxygen atoms in total. The van der Waals surface area contributed by atoms with Gasteiger partial charge in [0.25, 0.3) is 0 Å². The van der Waals surface area contributed by atoms with Crippen LogP contribution in [0, 0.1) is 11.3 Å². The lowest BCUT2D eigenvalue weighted by Gasteiger charge is -2.34. The van der Waals surface area contributed by atoms with Gasteiger partial charge in [0, 0.05) is 19.9 Å². The van der Waals surface area contributed by atoms with Gasteiger partial charge in [-0.3, -0.25) is 4.79 Å². The first-order valence-electron chi connectivity index (χ1n) is 8.08. The second-order valence-electron chi connectivity index (χ2n) is 6.05. The van der Waals surface area contributed by atoms with Gasteiger partial charge in [-0.2, -0.15) is 5.26 Å². The predicted molar refractivity (Wildman–Crippen MR) is 91.1 cm³/mol. The van der Waals surface area contributed by atoms with Crippen molar-refractivity contribution in [3.8, 4) is 6.07 Å². The van der Waals surface area contributed by atoms with Crippen molar-refractivity contribution in [2.24, 2.45) is 0 Å². The molecule has 2 aromatic rings. The van der Waals surface area contributed by atoms with E-state index >= 15 is 0 Å². The molecular formula is C20H18N2O3. The molecular weight excluding hydrogens is 316 g/mol. The summed E-state index contributed by atoms with van der Waals surface area (Å²) < 4.78 is 5.42. The largest absolute Gasteiger partial charge is 0.459 e. The third kappa shape index (κ3) is 3.69. The highest BCUT2D eigenvalue weighted by molar-refractivity contribution is 5.84. The molecule has 1 heterocycles. The highest BCUT2D eigenvalue weighted by Crippen LogP contribution is 2.24. The molecule has 0 saturated heterocycles. The predicted octanol–water partition coefficient (Wildman–Crippen LogP) is 2.57. The third-order valence-electron chi connectivity index (χ3n) is 4.39. The summed E-state index contributed by atoms with van der Waals surface area (Å²) in [7, 11) is 0. The highest BCUT2D eigenvalue weighted by Gasteiger charge is 2.34. The van der Waals surface area contributed by atoms with Crippen molar-refractivity contribution >= 4 is 11.9 Å². The van der Waals surface area contributed by atoms with Crippen molar-refractivity contribution < 1.29 is 14.3 Å². The fraction of sp³-hybridized carbons (Fsp3) is 0.250. The zero-order valence-corrected chi connectivity index (χ0v) is 13.9. The van der Waals surface area contributed by atoms with Gasteiger partial charge in [0.15, 0.2) is 0 Å². The van der Waals surface area contributed by atoms with Crippen molar-refractivity contribution in [3.05, 3.63) is 70.8 Å². The van der Waals surface area contributed by atoms with Crippen LogP contribution in [0.4, 0.5) is 0 Å². The molecule has 0 aromatic heterocycles. The maximum atomic E-state index is 12.6. The number of hydrogen-bond acceptors (Lipinski definition) is 4. The van der Waals surface area contributed by atoms with E-state index in [4.69, 9.17) is 10.00 Å². The minimum atomic E-state index is -0.606. The van der Waals surface area contributed by atoms with Crippen LogP contribution in [0.25, 0.3) is 0 Å². The second kappa shape index (κ2) is 7.18. The zero-order chi connectivity index (χ0) is 17.8. The van der Waals surface area contributed by atoms with E-state index in [0.29, 0.717) is 18.5 Å². The quantitative estimate of drug-likeness (QED) is 0.809. The summed E-state index contributed by atoms with van der Waals surface area (Å²) in [6, 6.07) is 16.1. The molecule has 1 aliphatic rings. The molecule has 5 heteroatoms. The summed E-state index contributed by atoms with van der Waals surface area (Å²) in [4.78, 5) is 26.1. The summed E-state index contributed by atoms with van der Waals surface area (Å²) in [5.74, 6) is -0.552. The van der Waals surface area contributed by atoms with Gasteiger partial charge in [0.1, 0.15) is 12.6 Å². The van der Waals surface area contributed by atoms with Crippen LogP contribution in [0.3, 0.4) is 0 Å². The number of carbonyl (C=O) groups excluding carboxylic acids is 2. The highest BCUT2D eigenvalue weighted by atomic mass is 16.5. The fourth-order valence-corrected chi connectivity index (χ4v) is 2.99. The summed E-state index contributed by atoms with van der Waals surface area (Å²) in [5.41, 5.74) is 3.49. The van der Waals surface area contributed by atoms with Crippen LogP contribution in [-0.4, -0.2) is 22.8 Å². The summed E-state index contributed by atoms with van der Waals surface area (Å²) >= 11 is 0. The number of nitrogens with zero attached hydrogens (tertiary/aromatic N) is 2. The number of nitriles is 1. The lowest BCUT2D eigenvalue weighted by atomic mass is 9.94. The lowest BCUT2D eigenvalue weighted by molar-refractivity contribution is -0.156. The molecule has 0 unspecified atom stereocenters. The Morgan fingerprint density at radius 2 is 1.84 bits per heavy atom. The van der Waals surface area contributed by atoms with E-state index in [-0.39, 0.29) is 12.5 Å². The Labute approximate surface area is 146 Å². The van der Waals surface area contributed by atoms with Crippen molar-refractivity contribution in [1.82, 2.24) is 4.90 Å². The molecule has 1 amide bonds. The first kappa shape index (κ1) is 16.7. The number of benzene rings is 2. The van der Waals surface area contributed by atoms with Gasteiger partial charge in [-0.15, -0.1) is 0 Å². The Morgan fingerprint density at radius 1 is 1.16 bits per heavy atom. The maximum absolute atomic E-state index is 12.6. The van der Waals surface area contributed by atoms with Crippen molar-refractivity contribution in [2.75, 3.05) is 0 Å². The van der Waals surface area contributed by atoms with Gasteiger partial charge in [0.2, 0.25) is 5.91 Å². The minimum absolute atomic E-state index is 0.119. The number of fused-ring (bicyclic) bond motifs is 1. The lowest BCUT2D eigenvalue weighted by Crippen LogP contribution is -2.48. The minimum Gasteiger partial charge on any atom is -0.459 e. The van der Waals surface area contributed by atoms with Gasteiger partial charge in [-0.1, -0.05) is 36.4 Å². The molecule has 126 valence electrons. The zero-order valence-electron chi connectivity index (χ0n) is 13.9. The summed E-state index contributed by atoms with van der Waals surface area (Å²) in [6.45, 7) is 2.01. The second-order valence-corrected chi connectivity index (χ2v) is 6.05. The number of hydrogen-bond donors (Lipinski definition) is 0. The SMILES string of the molecule is CC(=O)N1Cc2ccccc2C[C@@H]1C(=O)OCc1ccc(C#N)cc1. The molecule has 3 rings (SSSR count). The van der Waals surface area contributed by atoms with E-state index in [0.717, 1.165) is 16.7 Å². The number of rotatable bonds is 3. The number of esters is 1. The summed E-state index contributed by atoms with van der Waals surface area (Å²) in [6.07, 6.45) is 0.460. The van der Waals surface area contributed by atoms with Gasteiger partial charge in [-0.25, -0.2) is 4.79 Å². The average molecular weight is 334 g/mol. The van der Waals surface area contributed by atoms with E-state index in [9.17, 15) is 9.59 Å². The van der Waals surface area contributed by atoms with Crippen LogP contribution in [-0.2, 0) is 33.9 Å². The van der Waals surface area contributed by atoms with Crippen LogP contribution in [0.15, 0.2) is 48.5 Å². The van der Waals surface area contributed by atoms with Crippen LogP contribution >= 0.6 is 0 Å². The molecule has 0 radical (unpaired) electrons. The molecule has 0 spiro atoms. The topological polar surface area (TPSA) is 70.4 Å². The molecule has 0 saturated carbocycles. The standard InChI is InChI=1S/C20H18N2O3/c1-14(23)22-12-18-5-3-2-4-17(18)10-19(22)20(24)25-13-16-8-6-15(11-21)7-9-16/h2-9,19H,10,12-13H2,1H3/t19-/m1/s1. The van der Waals surface area contributed by atoms with Crippen LogP contribution < -0.4 is 0 Å². The Kier molecular flexibility index (Phi) is 4.80. The first-order valence-corrected chi connectivity index (χ1v) is 8.08. The monoisotopic (exact) mass is 334 g/mol. The molecule has 0 bridgehead atoms. The van der Waals surface area contributed by atoms with E-state index in [1.54, 1.807) is 29.2 Å². The van der Waals surface area contributed by atoms with Crippen LogP contribution in [0.2, 0.25) is 0 Å². The Bertz CT molecular complexity index is 837. The Hall–Kier alpha value is -3.13. The van der Waals surface area contributed by atoms with Crippen molar-refractivity contribution in [2.45, 2.75) is 32.5 Å². The Balaban J connectivity index is 1.71. The number of carbonyl (C=O) groups is 2. The maximum Gasteiger partial charge on any atom is 0.329 e. The Morgan fingerprint density at radius 3 is 2.48 bits per heavy atom. The molecule has 0 fully saturated rings. The van der Waals surface area contributed by atoms with Crippen molar-refractivity contribution in [1.29, 1.82) is 5.26 Å². The van der Waals surface area contributed by atoms with Crippen LogP contribution in [0.5, 0.6) is 0 Å². The fourth-order valence-electron chi connectivity index (χ4n) is 2.99. The number of ether oxygens (including phenoxy) is 1. The van der Waals surface area contributed by atoms with Gasteiger partial charge >= 0.3 is 5.97 Å². The van der Waals surface area contributed by atoms with E-state index in [1.165, 1.54) is 6.92 Å². The van der Waals surface area contributed by atoms with Gasteiger partial charge in [0.05, 0.1) is 11.6 Å². The molecule has 0 aliphatic carbocycles. The van der Waals surface area contributed by atoms with E-state index in [1.807, 2.05) is 30.3 Å². The third-order valence-corrected chi connectivity index (χ3v) is 4.39. The molecule has 0 N–H and O–H groups in total. The molecule has 1 aliphatic heterocycles. The normalized spacial score (nSPS) is 15.8. The van der Waals surface area contributed by atoms with E-state index < -0.39 is 12.0 Å². The number of amides is 1. The molecule has 25 heavy (non-hydrogen) atoms. The molecule has 1 atom stereocenters. The van der Waals surface area contributed by atoms with E-state index in [2.05, 4.69) is 0 Å². The van der Waals surface area contributed by atoms with Gasteiger partial charge in [-0.05, 0) is 28.8 Å². The summed E-state index contributed by atoms with van der Waals surface area (Å²) in [5, 5.41) is 8.81. The first-order chi connectivity index (χ1) is 12.1. The van der Waals surface area contributed by atoms with Crippen LogP contribution in [0.1, 0.15) is 29.2 Å². The molecule has 2 aromatic carbocycles. The van der Waals surface area contributed by atoms with Gasteiger partial charge < -0.3 is 9.64 Å². The van der Waals surface area contributed by atoms with Crippen molar-refractivity contribution in [3.63, 3.8) is 0 Å². The smallest absolute Gasteiger partial charge is 0.329 e.